The number of hydrogen-bond donors (Lipinski definition) is 1. The zero-order valence-corrected chi connectivity index (χ0v) is 6.70. The number of nitrogens with two attached hydrogens (primary N) is 1. The maximum atomic E-state index is 10.3. The highest BCUT2D eigenvalue weighted by atomic mass is 17.2. The molecule has 0 aliphatic heterocycles. The summed E-state index contributed by atoms with van der Waals surface area (Å²) in [6.07, 6.45) is 0. The van der Waals surface area contributed by atoms with Gasteiger partial charge in [0, 0.05) is 6.92 Å². The fourth-order valence-electron chi connectivity index (χ4n) is 0.428. The molecule has 0 saturated carbocycles. The van der Waals surface area contributed by atoms with Gasteiger partial charge in [0.25, 0.3) is 0 Å². The number of hydrogen-bond acceptors (Lipinski definition) is 5. The summed E-state index contributed by atoms with van der Waals surface area (Å²) in [5.41, 5.74) is 5.43. The first-order valence-corrected chi connectivity index (χ1v) is 3.21. The lowest BCUT2D eigenvalue weighted by Crippen LogP contribution is -2.32. The van der Waals surface area contributed by atoms with Crippen LogP contribution >= 0.6 is 0 Å². The fraction of sp³-hybridized carbons (Fsp3) is 0.833. The molecule has 0 rings (SSSR count). The molecule has 0 aliphatic rings. The molecule has 0 radical (unpaired) electrons. The average Bonchev–Trinajstić information content (AvgIpc) is 1.97. The van der Waals surface area contributed by atoms with Crippen LogP contribution in [0.1, 0.15) is 6.92 Å². The Bertz CT molecular complexity index is 117. The van der Waals surface area contributed by atoms with Crippen molar-refractivity contribution in [2.24, 2.45) is 5.73 Å². The standard InChI is InChI=1S/C6H13NO4/c1-5(8)10-3-6(7)4-11-9-2/h6H,3-4,7H2,1-2H3/t6-/m0/s1. The molecule has 0 aromatic carbocycles. The SMILES string of the molecule is COOC[C@@H](N)COC(C)=O. The topological polar surface area (TPSA) is 70.8 Å². The van der Waals surface area contributed by atoms with Crippen molar-refractivity contribution < 1.29 is 19.3 Å². The number of rotatable bonds is 5. The van der Waals surface area contributed by atoms with Crippen molar-refractivity contribution in [2.45, 2.75) is 13.0 Å². The Hall–Kier alpha value is -0.650. The third-order valence-electron chi connectivity index (χ3n) is 0.901. The predicted octanol–water partition coefficient (Wildman–Crippen LogP) is -0.545. The maximum absolute atomic E-state index is 10.3. The van der Waals surface area contributed by atoms with Crippen molar-refractivity contribution >= 4 is 5.97 Å². The molecule has 0 bridgehead atoms. The summed E-state index contributed by atoms with van der Waals surface area (Å²) in [4.78, 5) is 19.1. The van der Waals surface area contributed by atoms with Crippen LogP contribution in [-0.4, -0.2) is 32.3 Å². The summed E-state index contributed by atoms with van der Waals surface area (Å²) in [6, 6.07) is -0.334. The maximum Gasteiger partial charge on any atom is 0.302 e. The van der Waals surface area contributed by atoms with Crippen LogP contribution in [0.3, 0.4) is 0 Å². The van der Waals surface area contributed by atoms with E-state index in [-0.39, 0.29) is 25.2 Å². The molecule has 0 amide bonds. The highest BCUT2D eigenvalue weighted by molar-refractivity contribution is 5.65. The first kappa shape index (κ1) is 10.3. The molecule has 0 aromatic rings. The van der Waals surface area contributed by atoms with Crippen LogP contribution in [0.5, 0.6) is 0 Å². The van der Waals surface area contributed by atoms with Gasteiger partial charge in [-0.1, -0.05) is 0 Å². The van der Waals surface area contributed by atoms with Crippen LogP contribution in [0.2, 0.25) is 0 Å². The fourth-order valence-corrected chi connectivity index (χ4v) is 0.428. The van der Waals surface area contributed by atoms with E-state index < -0.39 is 0 Å². The van der Waals surface area contributed by atoms with E-state index >= 15 is 0 Å². The normalized spacial score (nSPS) is 12.6. The number of carbonyl (C=O) groups is 1. The Morgan fingerprint density at radius 1 is 1.55 bits per heavy atom. The van der Waals surface area contributed by atoms with E-state index in [0.29, 0.717) is 0 Å². The van der Waals surface area contributed by atoms with Crippen LogP contribution in [0.4, 0.5) is 0 Å². The van der Waals surface area contributed by atoms with Crippen molar-refractivity contribution in [1.82, 2.24) is 0 Å². The van der Waals surface area contributed by atoms with E-state index in [1.807, 2.05) is 0 Å². The smallest absolute Gasteiger partial charge is 0.302 e. The molecule has 1 atom stereocenters. The Kier molecular flexibility index (Phi) is 5.73. The third-order valence-corrected chi connectivity index (χ3v) is 0.901. The molecular formula is C6H13NO4. The summed E-state index contributed by atoms with van der Waals surface area (Å²) in [5.74, 6) is -0.349. The van der Waals surface area contributed by atoms with Crippen molar-refractivity contribution in [3.05, 3.63) is 0 Å². The van der Waals surface area contributed by atoms with Crippen molar-refractivity contribution in [3.63, 3.8) is 0 Å². The summed E-state index contributed by atoms with van der Waals surface area (Å²) >= 11 is 0. The molecule has 11 heavy (non-hydrogen) atoms. The Morgan fingerprint density at radius 3 is 2.64 bits per heavy atom. The average molecular weight is 163 g/mol. The van der Waals surface area contributed by atoms with Crippen LogP contribution in [-0.2, 0) is 19.3 Å². The van der Waals surface area contributed by atoms with E-state index in [9.17, 15) is 4.79 Å². The van der Waals surface area contributed by atoms with Crippen LogP contribution < -0.4 is 5.73 Å². The monoisotopic (exact) mass is 163 g/mol. The lowest BCUT2D eigenvalue weighted by Gasteiger charge is -2.09. The Labute approximate surface area is 65.3 Å². The van der Waals surface area contributed by atoms with E-state index in [2.05, 4.69) is 14.5 Å². The Morgan fingerprint density at radius 2 is 2.18 bits per heavy atom. The zero-order chi connectivity index (χ0) is 8.69. The van der Waals surface area contributed by atoms with E-state index in [1.165, 1.54) is 14.0 Å². The number of carbonyl (C=O) groups excluding carboxylic acids is 1. The van der Waals surface area contributed by atoms with Crippen molar-refractivity contribution in [1.29, 1.82) is 0 Å². The molecule has 0 saturated heterocycles. The molecule has 0 aromatic heterocycles. The van der Waals surface area contributed by atoms with Crippen molar-refractivity contribution in [3.8, 4) is 0 Å². The molecule has 0 fully saturated rings. The van der Waals surface area contributed by atoms with Gasteiger partial charge in [-0.05, 0) is 0 Å². The van der Waals surface area contributed by atoms with Gasteiger partial charge in [-0.15, -0.1) is 0 Å². The molecule has 66 valence electrons. The molecule has 2 N–H and O–H groups in total. The molecule has 5 heteroatoms. The second-order valence-corrected chi connectivity index (χ2v) is 2.01. The first-order valence-electron chi connectivity index (χ1n) is 3.21. The molecule has 0 heterocycles. The zero-order valence-electron chi connectivity index (χ0n) is 6.70. The van der Waals surface area contributed by atoms with Gasteiger partial charge in [0.1, 0.15) is 13.2 Å². The quantitative estimate of drug-likeness (QED) is 0.334. The van der Waals surface area contributed by atoms with Crippen LogP contribution in [0.25, 0.3) is 0 Å². The van der Waals surface area contributed by atoms with Gasteiger partial charge in [-0.3, -0.25) is 4.79 Å². The number of ether oxygens (including phenoxy) is 1. The summed E-state index contributed by atoms with van der Waals surface area (Å²) < 4.78 is 4.60. The van der Waals surface area contributed by atoms with Gasteiger partial charge >= 0.3 is 5.97 Å². The van der Waals surface area contributed by atoms with E-state index in [0.717, 1.165) is 0 Å². The molecule has 0 aliphatic carbocycles. The van der Waals surface area contributed by atoms with Gasteiger partial charge in [0.15, 0.2) is 0 Å². The Balaban J connectivity index is 3.22. The lowest BCUT2D eigenvalue weighted by atomic mass is 10.4. The van der Waals surface area contributed by atoms with E-state index in [4.69, 9.17) is 5.73 Å². The first-order chi connectivity index (χ1) is 5.16. The van der Waals surface area contributed by atoms with E-state index in [1.54, 1.807) is 0 Å². The second-order valence-electron chi connectivity index (χ2n) is 2.01. The molecule has 0 unspecified atom stereocenters. The molecule has 5 nitrogen and oxygen atoms in total. The summed E-state index contributed by atoms with van der Waals surface area (Å²) in [6.45, 7) is 1.69. The number of esters is 1. The second kappa shape index (κ2) is 6.09. The van der Waals surface area contributed by atoms with Crippen LogP contribution in [0.15, 0.2) is 0 Å². The largest absolute Gasteiger partial charge is 0.464 e. The minimum absolute atomic E-state index is 0.151. The minimum Gasteiger partial charge on any atom is -0.464 e. The summed E-state index contributed by atoms with van der Waals surface area (Å²) in [7, 11) is 1.39. The van der Waals surface area contributed by atoms with Gasteiger partial charge < -0.3 is 10.5 Å². The van der Waals surface area contributed by atoms with Crippen LogP contribution in [0, 0.1) is 0 Å². The van der Waals surface area contributed by atoms with Gasteiger partial charge in [0.2, 0.25) is 0 Å². The third kappa shape index (κ3) is 7.24. The lowest BCUT2D eigenvalue weighted by molar-refractivity contribution is -0.275. The van der Waals surface area contributed by atoms with Crippen molar-refractivity contribution in [2.75, 3.05) is 20.3 Å². The van der Waals surface area contributed by atoms with Gasteiger partial charge in [0.05, 0.1) is 13.2 Å². The predicted molar refractivity (Wildman–Crippen MR) is 37.6 cm³/mol. The molecular weight excluding hydrogens is 150 g/mol. The van der Waals surface area contributed by atoms with Gasteiger partial charge in [-0.2, -0.15) is 0 Å². The molecule has 0 spiro atoms. The minimum atomic E-state index is -0.349. The van der Waals surface area contributed by atoms with Gasteiger partial charge in [-0.25, -0.2) is 9.78 Å². The highest BCUT2D eigenvalue weighted by Gasteiger charge is 2.04. The summed E-state index contributed by atoms with van der Waals surface area (Å²) in [5, 5.41) is 0. The highest BCUT2D eigenvalue weighted by Crippen LogP contribution is 1.85.